The molecule has 2 N–H and O–H groups in total. The number of hydrogen-bond acceptors (Lipinski definition) is 2. The fourth-order valence-electron chi connectivity index (χ4n) is 2.57. The van der Waals surface area contributed by atoms with Gasteiger partial charge >= 0.3 is 0 Å². The van der Waals surface area contributed by atoms with Crippen LogP contribution in [0.4, 0.5) is 0 Å². The van der Waals surface area contributed by atoms with Crippen LogP contribution in [-0.4, -0.2) is 32.7 Å². The molecule has 1 aliphatic rings. The van der Waals surface area contributed by atoms with Gasteiger partial charge in [-0.2, -0.15) is 0 Å². The largest absolute Gasteiger partial charge is 0.497 e. The molecule has 128 valence electrons. The van der Waals surface area contributed by atoms with Gasteiger partial charge in [0.2, 0.25) is 0 Å². The summed E-state index contributed by atoms with van der Waals surface area (Å²) in [5.41, 5.74) is 1.29. The molecule has 2 rings (SSSR count). The van der Waals surface area contributed by atoms with Gasteiger partial charge in [-0.3, -0.25) is 4.99 Å². The number of rotatable bonds is 5. The third-order valence-corrected chi connectivity index (χ3v) is 4.14. The maximum Gasteiger partial charge on any atom is 0.191 e. The maximum atomic E-state index is 5.22. The molecule has 0 amide bonds. The van der Waals surface area contributed by atoms with E-state index in [1.54, 1.807) is 7.11 Å². The van der Waals surface area contributed by atoms with Gasteiger partial charge in [-0.25, -0.2) is 0 Å². The van der Waals surface area contributed by atoms with Crippen LogP contribution in [0.2, 0.25) is 0 Å². The monoisotopic (exact) mass is 429 g/mol. The number of methoxy groups -OCH3 is 1. The summed E-state index contributed by atoms with van der Waals surface area (Å²) in [4.78, 5) is 4.32. The van der Waals surface area contributed by atoms with Crippen LogP contribution in [0.1, 0.15) is 32.3 Å². The first-order valence-electron chi connectivity index (χ1n) is 7.82. The van der Waals surface area contributed by atoms with E-state index < -0.39 is 0 Å². The number of aliphatic imine (C=N–C) groups is 1. The second-order valence-electron chi connectivity index (χ2n) is 6.32. The maximum absolute atomic E-state index is 5.22. The van der Waals surface area contributed by atoms with Crippen molar-refractivity contribution in [3.8, 4) is 5.75 Å². The van der Waals surface area contributed by atoms with Gasteiger partial charge in [0.25, 0.3) is 0 Å². The Morgan fingerprint density at radius 2 is 1.83 bits per heavy atom. The predicted molar refractivity (Wildman–Crippen MR) is 108 cm³/mol. The van der Waals surface area contributed by atoms with Crippen molar-refractivity contribution in [3.63, 3.8) is 0 Å². The van der Waals surface area contributed by atoms with E-state index in [1.807, 2.05) is 19.2 Å². The third-order valence-electron chi connectivity index (χ3n) is 4.14. The van der Waals surface area contributed by atoms with E-state index in [4.69, 9.17) is 4.74 Å². The number of nitrogens with zero attached hydrogens (tertiary/aromatic N) is 1. The molecule has 0 spiro atoms. The van der Waals surface area contributed by atoms with Crippen LogP contribution in [0.25, 0.3) is 0 Å². The van der Waals surface area contributed by atoms with Crippen LogP contribution in [0.15, 0.2) is 41.4 Å². The molecule has 1 aromatic carbocycles. The molecule has 0 atom stereocenters. The highest BCUT2D eigenvalue weighted by molar-refractivity contribution is 14.0. The zero-order chi connectivity index (χ0) is 16.0. The highest BCUT2D eigenvalue weighted by Crippen LogP contribution is 2.24. The second kappa shape index (κ2) is 9.15. The van der Waals surface area contributed by atoms with Crippen molar-refractivity contribution < 1.29 is 4.74 Å². The van der Waals surface area contributed by atoms with Crippen molar-refractivity contribution in [2.75, 3.05) is 20.7 Å². The number of guanidine groups is 1. The first-order valence-corrected chi connectivity index (χ1v) is 7.82. The van der Waals surface area contributed by atoms with E-state index in [2.05, 4.69) is 53.8 Å². The van der Waals surface area contributed by atoms with E-state index in [-0.39, 0.29) is 29.4 Å². The van der Waals surface area contributed by atoms with Crippen LogP contribution in [0.3, 0.4) is 0 Å². The summed E-state index contributed by atoms with van der Waals surface area (Å²) in [6.45, 7) is 5.28. The quantitative estimate of drug-likeness (QED) is 0.326. The minimum atomic E-state index is 0. The van der Waals surface area contributed by atoms with Gasteiger partial charge in [0.15, 0.2) is 5.96 Å². The molecule has 1 aliphatic carbocycles. The van der Waals surface area contributed by atoms with Crippen LogP contribution in [0, 0.1) is 0 Å². The molecule has 23 heavy (non-hydrogen) atoms. The van der Waals surface area contributed by atoms with Crippen LogP contribution in [-0.2, 0) is 5.41 Å². The lowest BCUT2D eigenvalue weighted by Gasteiger charge is -2.27. The lowest BCUT2D eigenvalue weighted by molar-refractivity contribution is 0.414. The van der Waals surface area contributed by atoms with Crippen LogP contribution >= 0.6 is 24.0 Å². The number of hydrogen-bond donors (Lipinski definition) is 2. The Morgan fingerprint density at radius 1 is 1.22 bits per heavy atom. The summed E-state index contributed by atoms with van der Waals surface area (Å²) in [5.74, 6) is 1.76. The van der Waals surface area contributed by atoms with Crippen molar-refractivity contribution in [2.45, 2.75) is 38.1 Å². The van der Waals surface area contributed by atoms with Gasteiger partial charge in [-0.15, -0.1) is 24.0 Å². The van der Waals surface area contributed by atoms with Gasteiger partial charge in [-0.05, 0) is 30.5 Å². The Bertz CT molecular complexity index is 530. The first-order chi connectivity index (χ1) is 10.5. The van der Waals surface area contributed by atoms with Gasteiger partial charge in [0.1, 0.15) is 5.75 Å². The van der Waals surface area contributed by atoms with E-state index >= 15 is 0 Å². The Hall–Kier alpha value is -1.24. The number of nitrogens with one attached hydrogen (secondary N) is 2. The number of halogens is 1. The molecule has 0 radical (unpaired) electrons. The zero-order valence-electron chi connectivity index (χ0n) is 14.4. The minimum absolute atomic E-state index is 0. The standard InChI is InChI=1S/C18H27N3O.HI/c1-18(2,14-9-11-16(22-4)12-10-14)13-20-17(19-3)21-15-7-5-6-8-15;/h5-6,9-12,15H,7-8,13H2,1-4H3,(H2,19,20,21);1H. The van der Waals surface area contributed by atoms with E-state index in [0.717, 1.165) is 31.1 Å². The minimum Gasteiger partial charge on any atom is -0.497 e. The zero-order valence-corrected chi connectivity index (χ0v) is 16.8. The van der Waals surface area contributed by atoms with Crippen molar-refractivity contribution in [2.24, 2.45) is 4.99 Å². The Morgan fingerprint density at radius 3 is 2.35 bits per heavy atom. The first kappa shape index (κ1) is 19.8. The smallest absolute Gasteiger partial charge is 0.191 e. The molecule has 0 saturated heterocycles. The average molecular weight is 429 g/mol. The molecular weight excluding hydrogens is 401 g/mol. The number of benzene rings is 1. The topological polar surface area (TPSA) is 45.7 Å². The Kier molecular flexibility index (Phi) is 7.88. The molecule has 0 saturated carbocycles. The highest BCUT2D eigenvalue weighted by atomic mass is 127. The second-order valence-corrected chi connectivity index (χ2v) is 6.32. The van der Waals surface area contributed by atoms with Gasteiger partial charge < -0.3 is 15.4 Å². The molecular formula is C18H28IN3O. The fourth-order valence-corrected chi connectivity index (χ4v) is 2.57. The lowest BCUT2D eigenvalue weighted by atomic mass is 9.84. The van der Waals surface area contributed by atoms with E-state index in [0.29, 0.717) is 6.04 Å². The summed E-state index contributed by atoms with van der Waals surface area (Å²) in [5, 5.41) is 6.91. The van der Waals surface area contributed by atoms with Crippen LogP contribution < -0.4 is 15.4 Å². The van der Waals surface area contributed by atoms with Gasteiger partial charge in [-0.1, -0.05) is 38.1 Å². The van der Waals surface area contributed by atoms with Crippen molar-refractivity contribution in [3.05, 3.63) is 42.0 Å². The van der Waals surface area contributed by atoms with E-state index in [9.17, 15) is 0 Å². The lowest BCUT2D eigenvalue weighted by Crippen LogP contribution is -2.46. The normalized spacial score (nSPS) is 15.2. The molecule has 4 nitrogen and oxygen atoms in total. The summed E-state index contributed by atoms with van der Waals surface area (Å²) in [6.07, 6.45) is 6.57. The highest BCUT2D eigenvalue weighted by Gasteiger charge is 2.21. The van der Waals surface area contributed by atoms with Crippen molar-refractivity contribution >= 4 is 29.9 Å². The average Bonchev–Trinajstić information content (AvgIpc) is 3.04. The summed E-state index contributed by atoms with van der Waals surface area (Å²) < 4.78 is 5.22. The van der Waals surface area contributed by atoms with Gasteiger partial charge in [0, 0.05) is 25.0 Å². The predicted octanol–water partition coefficient (Wildman–Crippen LogP) is 3.47. The van der Waals surface area contributed by atoms with Crippen LogP contribution in [0.5, 0.6) is 5.75 Å². The van der Waals surface area contributed by atoms with Crippen molar-refractivity contribution in [1.82, 2.24) is 10.6 Å². The molecule has 0 aromatic heterocycles. The molecule has 0 unspecified atom stereocenters. The molecule has 0 heterocycles. The molecule has 0 aliphatic heterocycles. The SMILES string of the molecule is CN=C(NCC(C)(C)c1ccc(OC)cc1)NC1CC=CC1.I. The molecule has 0 fully saturated rings. The van der Waals surface area contributed by atoms with Crippen molar-refractivity contribution in [1.29, 1.82) is 0 Å². The van der Waals surface area contributed by atoms with Gasteiger partial charge in [0.05, 0.1) is 7.11 Å². The summed E-state index contributed by atoms with van der Waals surface area (Å²) in [7, 11) is 3.51. The summed E-state index contributed by atoms with van der Waals surface area (Å²) in [6, 6.07) is 8.73. The molecule has 1 aromatic rings. The Labute approximate surface area is 156 Å². The number of ether oxygens (including phenoxy) is 1. The summed E-state index contributed by atoms with van der Waals surface area (Å²) >= 11 is 0. The molecule has 5 heteroatoms. The fraction of sp³-hybridized carbons (Fsp3) is 0.500. The molecule has 0 bridgehead atoms. The third kappa shape index (κ3) is 5.71. The Balaban J connectivity index is 0.00000264. The van der Waals surface area contributed by atoms with E-state index in [1.165, 1.54) is 5.56 Å².